The van der Waals surface area contributed by atoms with Gasteiger partial charge in [0.05, 0.1) is 5.41 Å². The molecule has 1 atom stereocenters. The first-order chi connectivity index (χ1) is 9.87. The van der Waals surface area contributed by atoms with Gasteiger partial charge in [-0.05, 0) is 44.9 Å². The van der Waals surface area contributed by atoms with Crippen molar-refractivity contribution < 1.29 is 14.7 Å². The van der Waals surface area contributed by atoms with Gasteiger partial charge in [0.25, 0.3) is 0 Å². The molecule has 2 aliphatic rings. The van der Waals surface area contributed by atoms with Crippen LogP contribution in [0.25, 0.3) is 0 Å². The number of amides is 2. The largest absolute Gasteiger partial charge is 0.481 e. The average molecular weight is 296 g/mol. The molecule has 21 heavy (non-hydrogen) atoms. The Morgan fingerprint density at radius 2 is 1.90 bits per heavy atom. The van der Waals surface area contributed by atoms with Crippen LogP contribution in [0.5, 0.6) is 0 Å². The third-order valence-corrected chi connectivity index (χ3v) is 5.50. The normalized spacial score (nSPS) is 33.0. The fourth-order valence-electron chi connectivity index (χ4n) is 3.62. The van der Waals surface area contributed by atoms with Gasteiger partial charge in [0.1, 0.15) is 0 Å². The molecule has 1 heterocycles. The van der Waals surface area contributed by atoms with Gasteiger partial charge in [-0.25, -0.2) is 4.79 Å². The molecule has 5 heteroatoms. The minimum atomic E-state index is -0.802. The minimum Gasteiger partial charge on any atom is -0.481 e. The van der Waals surface area contributed by atoms with Crippen LogP contribution >= 0.6 is 0 Å². The molecule has 0 aromatic carbocycles. The minimum absolute atomic E-state index is 0.0000709. The van der Waals surface area contributed by atoms with E-state index in [2.05, 4.69) is 6.92 Å². The molecule has 1 saturated carbocycles. The van der Waals surface area contributed by atoms with Crippen molar-refractivity contribution >= 4 is 12.0 Å². The van der Waals surface area contributed by atoms with E-state index in [1.54, 1.807) is 11.8 Å². The lowest BCUT2D eigenvalue weighted by Gasteiger charge is -2.36. The Morgan fingerprint density at radius 1 is 1.29 bits per heavy atom. The van der Waals surface area contributed by atoms with Crippen LogP contribution in [0.4, 0.5) is 4.79 Å². The number of aliphatic carboxylic acids is 1. The van der Waals surface area contributed by atoms with E-state index in [1.807, 2.05) is 11.9 Å². The van der Waals surface area contributed by atoms with E-state index in [1.165, 1.54) is 19.3 Å². The second-order valence-corrected chi connectivity index (χ2v) is 7.01. The van der Waals surface area contributed by atoms with E-state index in [0.717, 1.165) is 18.8 Å². The Balaban J connectivity index is 1.90. The summed E-state index contributed by atoms with van der Waals surface area (Å²) in [7, 11) is 1.87. The molecule has 5 nitrogen and oxygen atoms in total. The third-order valence-electron chi connectivity index (χ3n) is 5.50. The highest BCUT2D eigenvalue weighted by Gasteiger charge is 2.43. The fraction of sp³-hybridized carbons (Fsp3) is 0.875. The number of carbonyl (C=O) groups excluding carboxylic acids is 1. The molecule has 1 aliphatic heterocycles. The number of carbonyl (C=O) groups is 2. The van der Waals surface area contributed by atoms with Crippen molar-refractivity contribution in [3.63, 3.8) is 0 Å². The number of urea groups is 1. The van der Waals surface area contributed by atoms with Crippen LogP contribution < -0.4 is 0 Å². The predicted molar refractivity (Wildman–Crippen MR) is 81.1 cm³/mol. The van der Waals surface area contributed by atoms with E-state index in [9.17, 15) is 14.7 Å². The second kappa shape index (κ2) is 6.24. The van der Waals surface area contributed by atoms with Gasteiger partial charge in [-0.3, -0.25) is 4.79 Å². The zero-order valence-electron chi connectivity index (χ0n) is 13.5. The first kappa shape index (κ1) is 16.1. The maximum atomic E-state index is 12.6. The number of hydrogen-bond acceptors (Lipinski definition) is 2. The molecular formula is C16H28N2O3. The van der Waals surface area contributed by atoms with Crippen molar-refractivity contribution in [2.75, 3.05) is 20.1 Å². The Labute approximate surface area is 127 Å². The SMILES string of the molecule is CCC1CCC(N(C)C(=O)N2CCC(C)(C(=O)O)C2)CC1. The van der Waals surface area contributed by atoms with Gasteiger partial charge < -0.3 is 14.9 Å². The molecule has 1 N–H and O–H groups in total. The first-order valence-electron chi connectivity index (χ1n) is 8.12. The highest BCUT2D eigenvalue weighted by atomic mass is 16.4. The van der Waals surface area contributed by atoms with Crippen molar-refractivity contribution in [1.29, 1.82) is 0 Å². The van der Waals surface area contributed by atoms with Crippen molar-refractivity contribution in [2.45, 2.75) is 58.4 Å². The van der Waals surface area contributed by atoms with Crippen LogP contribution in [0, 0.1) is 11.3 Å². The molecule has 1 unspecified atom stereocenters. The van der Waals surface area contributed by atoms with Gasteiger partial charge in [-0.1, -0.05) is 13.3 Å². The average Bonchev–Trinajstić information content (AvgIpc) is 2.90. The van der Waals surface area contributed by atoms with Crippen molar-refractivity contribution in [1.82, 2.24) is 9.80 Å². The highest BCUT2D eigenvalue weighted by molar-refractivity contribution is 5.79. The van der Waals surface area contributed by atoms with Crippen molar-refractivity contribution in [3.8, 4) is 0 Å². The Hall–Kier alpha value is -1.26. The molecule has 0 radical (unpaired) electrons. The van der Waals surface area contributed by atoms with Crippen LogP contribution in [0.15, 0.2) is 0 Å². The molecule has 1 saturated heterocycles. The Bertz CT molecular complexity index is 404. The molecule has 0 aromatic rings. The predicted octanol–water partition coefficient (Wildman–Crippen LogP) is 2.80. The monoisotopic (exact) mass is 296 g/mol. The summed E-state index contributed by atoms with van der Waals surface area (Å²) in [5, 5.41) is 9.26. The topological polar surface area (TPSA) is 60.9 Å². The van der Waals surface area contributed by atoms with Gasteiger partial charge in [0, 0.05) is 26.2 Å². The van der Waals surface area contributed by atoms with Gasteiger partial charge in [-0.15, -0.1) is 0 Å². The molecule has 2 fully saturated rings. The van der Waals surface area contributed by atoms with Crippen LogP contribution in [-0.4, -0.2) is 53.1 Å². The van der Waals surface area contributed by atoms with E-state index < -0.39 is 11.4 Å². The second-order valence-electron chi connectivity index (χ2n) is 7.01. The molecule has 0 bridgehead atoms. The summed E-state index contributed by atoms with van der Waals surface area (Å²) >= 11 is 0. The number of hydrogen-bond donors (Lipinski definition) is 1. The maximum absolute atomic E-state index is 12.6. The van der Waals surface area contributed by atoms with E-state index in [-0.39, 0.29) is 6.03 Å². The quantitative estimate of drug-likeness (QED) is 0.871. The smallest absolute Gasteiger partial charge is 0.320 e. The summed E-state index contributed by atoms with van der Waals surface area (Å²) in [4.78, 5) is 27.4. The molecule has 1 aliphatic carbocycles. The Kier molecular flexibility index (Phi) is 4.79. The molecule has 0 aromatic heterocycles. The lowest BCUT2D eigenvalue weighted by Crippen LogP contribution is -2.47. The summed E-state index contributed by atoms with van der Waals surface area (Å²) in [6.45, 7) is 4.85. The molecule has 120 valence electrons. The van der Waals surface area contributed by atoms with Crippen molar-refractivity contribution in [2.24, 2.45) is 11.3 Å². The van der Waals surface area contributed by atoms with Crippen LogP contribution in [-0.2, 0) is 4.79 Å². The number of carboxylic acid groups (broad SMARTS) is 1. The standard InChI is InChI=1S/C16H28N2O3/c1-4-12-5-7-13(8-6-12)17(3)15(21)18-10-9-16(2,11-18)14(19)20/h12-13H,4-11H2,1-3H3,(H,19,20). The number of rotatable bonds is 3. The summed E-state index contributed by atoms with van der Waals surface area (Å²) in [5.74, 6) is 0.00995. The number of carboxylic acids is 1. The van der Waals surface area contributed by atoms with Crippen LogP contribution in [0.3, 0.4) is 0 Å². The highest BCUT2D eigenvalue weighted by Crippen LogP contribution is 2.33. The van der Waals surface area contributed by atoms with Crippen LogP contribution in [0.1, 0.15) is 52.4 Å². The zero-order chi connectivity index (χ0) is 15.6. The fourth-order valence-corrected chi connectivity index (χ4v) is 3.62. The lowest BCUT2D eigenvalue weighted by atomic mass is 9.84. The van der Waals surface area contributed by atoms with Gasteiger partial charge >= 0.3 is 12.0 Å². The number of nitrogens with zero attached hydrogens (tertiary/aromatic N) is 2. The summed E-state index contributed by atoms with van der Waals surface area (Å²) < 4.78 is 0. The van der Waals surface area contributed by atoms with Gasteiger partial charge in [-0.2, -0.15) is 0 Å². The van der Waals surface area contributed by atoms with E-state index in [4.69, 9.17) is 0 Å². The van der Waals surface area contributed by atoms with Gasteiger partial charge in [0.2, 0.25) is 0 Å². The molecule has 2 rings (SSSR count). The van der Waals surface area contributed by atoms with E-state index in [0.29, 0.717) is 25.6 Å². The van der Waals surface area contributed by atoms with E-state index >= 15 is 0 Å². The summed E-state index contributed by atoms with van der Waals surface area (Å²) in [5.41, 5.74) is -0.781. The molecule has 2 amide bonds. The van der Waals surface area contributed by atoms with Crippen molar-refractivity contribution in [3.05, 3.63) is 0 Å². The first-order valence-corrected chi connectivity index (χ1v) is 8.12. The maximum Gasteiger partial charge on any atom is 0.320 e. The zero-order valence-corrected chi connectivity index (χ0v) is 13.5. The van der Waals surface area contributed by atoms with Crippen LogP contribution in [0.2, 0.25) is 0 Å². The van der Waals surface area contributed by atoms with Gasteiger partial charge in [0.15, 0.2) is 0 Å². The summed E-state index contributed by atoms with van der Waals surface area (Å²) in [6.07, 6.45) is 6.32. The molecule has 0 spiro atoms. The number of likely N-dealkylation sites (tertiary alicyclic amines) is 1. The third kappa shape index (κ3) is 3.33. The molecular weight excluding hydrogens is 268 g/mol. The summed E-state index contributed by atoms with van der Waals surface area (Å²) in [6, 6.07) is 0.317. The Morgan fingerprint density at radius 3 is 2.38 bits per heavy atom. The lowest BCUT2D eigenvalue weighted by molar-refractivity contribution is -0.147.